The summed E-state index contributed by atoms with van der Waals surface area (Å²) in [5.74, 6) is -0.146. The molecule has 0 amide bonds. The average molecular weight is 480 g/mol. The van der Waals surface area contributed by atoms with Crippen LogP contribution in [-0.4, -0.2) is 35.5 Å². The van der Waals surface area contributed by atoms with E-state index in [2.05, 4.69) is 17.2 Å². The van der Waals surface area contributed by atoms with Crippen LogP contribution in [0.4, 0.5) is 0 Å². The molecule has 3 nitrogen and oxygen atoms in total. The van der Waals surface area contributed by atoms with Gasteiger partial charge < -0.3 is 0 Å². The Balaban J connectivity index is 2.30. The van der Waals surface area contributed by atoms with E-state index in [0.29, 0.717) is 0 Å². The van der Waals surface area contributed by atoms with E-state index < -0.39 is 0 Å². The molecule has 0 spiro atoms. The van der Waals surface area contributed by atoms with Crippen LogP contribution in [-0.2, 0) is 6.42 Å². The molecule has 1 aromatic carbocycles. The predicted molar refractivity (Wildman–Crippen MR) is 81.5 cm³/mol. The molecule has 1 atom stereocenters. The van der Waals surface area contributed by atoms with Crippen LogP contribution < -0.4 is 0 Å². The summed E-state index contributed by atoms with van der Waals surface area (Å²) in [5, 5.41) is 14.0. The van der Waals surface area contributed by atoms with E-state index in [9.17, 15) is 0 Å². The van der Waals surface area contributed by atoms with Crippen LogP contribution in [0.3, 0.4) is 0 Å². The standard InChI is InChI=1S/C15H15ClN3.Pb/c1-3-4-12-5-14(16)7-15(6-12)19-10-13(9-18-19)11(2)8-17;/h5-7,9-11H,1,3-4H2,2H3;. The van der Waals surface area contributed by atoms with Gasteiger partial charge in [-0.05, 0) is 0 Å². The molecule has 0 N–H and O–H groups in total. The summed E-state index contributed by atoms with van der Waals surface area (Å²) in [7, 11) is 0. The molecule has 0 aliphatic carbocycles. The Morgan fingerprint density at radius 3 is 2.95 bits per heavy atom. The molecule has 3 radical (unpaired) electrons. The first-order valence-corrected chi connectivity index (χ1v) is 9.65. The van der Waals surface area contributed by atoms with Crippen LogP contribution >= 0.6 is 11.6 Å². The van der Waals surface area contributed by atoms with Crippen LogP contribution in [0, 0.1) is 11.3 Å². The number of aromatic nitrogens is 2. The van der Waals surface area contributed by atoms with Gasteiger partial charge in [-0.3, -0.25) is 0 Å². The normalized spacial score (nSPS) is 12.1. The number of hydrogen-bond acceptors (Lipinski definition) is 2. The molecule has 5 heteroatoms. The Morgan fingerprint density at radius 1 is 1.45 bits per heavy atom. The molecule has 101 valence electrons. The fourth-order valence-corrected chi connectivity index (χ4v) is 2.92. The van der Waals surface area contributed by atoms with Crippen molar-refractivity contribution in [2.24, 2.45) is 0 Å². The molecule has 1 aromatic heterocycles. The van der Waals surface area contributed by atoms with Crippen molar-refractivity contribution in [2.75, 3.05) is 0 Å². The second-order valence-corrected chi connectivity index (χ2v) is 7.12. The van der Waals surface area contributed by atoms with Gasteiger partial charge in [0.15, 0.2) is 0 Å². The summed E-state index contributed by atoms with van der Waals surface area (Å²) in [6.45, 7) is 1.87. The summed E-state index contributed by atoms with van der Waals surface area (Å²) in [6.07, 6.45) is 5.91. The van der Waals surface area contributed by atoms with Crippen molar-refractivity contribution in [3.05, 3.63) is 46.7 Å². The molecular weight excluding hydrogens is 465 g/mol. The van der Waals surface area contributed by atoms with Crippen LogP contribution in [0.15, 0.2) is 30.6 Å². The fraction of sp³-hybridized carbons (Fsp3) is 0.333. The first-order valence-electron chi connectivity index (χ1n) is 6.52. The molecule has 0 aliphatic heterocycles. The van der Waals surface area contributed by atoms with Gasteiger partial charge in [0.25, 0.3) is 0 Å². The molecule has 0 saturated heterocycles. The zero-order chi connectivity index (χ0) is 14.5. The van der Waals surface area contributed by atoms with Crippen LogP contribution in [0.2, 0.25) is 9.00 Å². The van der Waals surface area contributed by atoms with Crippen LogP contribution in [0.5, 0.6) is 0 Å². The third-order valence-corrected chi connectivity index (χ3v) is 4.74. The number of halogens is 1. The fourth-order valence-electron chi connectivity index (χ4n) is 1.98. The molecule has 2 rings (SSSR count). The number of benzene rings is 1. The molecule has 1 unspecified atom stereocenters. The van der Waals surface area contributed by atoms with Crippen molar-refractivity contribution in [2.45, 2.75) is 29.7 Å². The summed E-state index contributed by atoms with van der Waals surface area (Å²) in [4.78, 5) is 0. The maximum absolute atomic E-state index is 8.95. The van der Waals surface area contributed by atoms with Crippen LogP contribution in [0.25, 0.3) is 5.69 Å². The van der Waals surface area contributed by atoms with E-state index in [4.69, 9.17) is 16.9 Å². The van der Waals surface area contributed by atoms with Gasteiger partial charge in [0.05, 0.1) is 0 Å². The monoisotopic (exact) mass is 480 g/mol. The van der Waals surface area contributed by atoms with Gasteiger partial charge in [0, 0.05) is 0 Å². The summed E-state index contributed by atoms with van der Waals surface area (Å²) < 4.78 is 3.09. The first kappa shape index (κ1) is 15.5. The Morgan fingerprint density at radius 2 is 2.25 bits per heavy atom. The second kappa shape index (κ2) is 7.23. The average Bonchev–Trinajstić information content (AvgIpc) is 2.93. The predicted octanol–water partition coefficient (Wildman–Crippen LogP) is 3.67. The Labute approximate surface area is 140 Å². The SMILES string of the molecule is CC(C#N)c1cnn(-c2cc(Cl)cc(CC[CH2][Pb])c2)c1. The quantitative estimate of drug-likeness (QED) is 0.614. The van der Waals surface area contributed by atoms with E-state index in [0.717, 1.165) is 22.7 Å². The van der Waals surface area contributed by atoms with Gasteiger partial charge in [-0.1, -0.05) is 0 Å². The Bertz CT molecular complexity index is 630. The number of aryl methyl sites for hydroxylation is 1. The van der Waals surface area contributed by atoms with E-state index in [1.807, 2.05) is 25.3 Å². The molecular formula is C15H15ClN3Pb. The minimum atomic E-state index is -0.146. The number of rotatable bonds is 5. The van der Waals surface area contributed by atoms with Gasteiger partial charge >= 0.3 is 141 Å². The van der Waals surface area contributed by atoms with Crippen LogP contribution in [0.1, 0.15) is 30.4 Å². The second-order valence-electron chi connectivity index (χ2n) is 4.74. The third kappa shape index (κ3) is 3.83. The molecule has 0 aliphatic rings. The van der Waals surface area contributed by atoms with Crippen molar-refractivity contribution in [3.8, 4) is 11.8 Å². The van der Waals surface area contributed by atoms with Crippen molar-refractivity contribution >= 4 is 37.4 Å². The number of nitriles is 1. The Hall–Kier alpha value is -0.868. The topological polar surface area (TPSA) is 41.6 Å². The number of nitrogens with zero attached hydrogens (tertiary/aromatic N) is 3. The summed E-state index contributed by atoms with van der Waals surface area (Å²) in [5.41, 5.74) is 3.12. The first-order chi connectivity index (χ1) is 9.63. The zero-order valence-corrected chi connectivity index (χ0v) is 15.9. The van der Waals surface area contributed by atoms with Gasteiger partial charge in [-0.2, -0.15) is 0 Å². The van der Waals surface area contributed by atoms with E-state index in [1.54, 1.807) is 10.9 Å². The van der Waals surface area contributed by atoms with Crippen molar-refractivity contribution in [3.63, 3.8) is 0 Å². The molecule has 20 heavy (non-hydrogen) atoms. The summed E-state index contributed by atoms with van der Waals surface area (Å²) in [6, 6.07) is 8.26. The maximum atomic E-state index is 8.95. The third-order valence-electron chi connectivity index (χ3n) is 3.15. The molecule has 0 fully saturated rings. The van der Waals surface area contributed by atoms with E-state index in [-0.39, 0.29) is 5.92 Å². The Kier molecular flexibility index (Phi) is 5.61. The van der Waals surface area contributed by atoms with Crippen molar-refractivity contribution in [1.29, 1.82) is 5.26 Å². The zero-order valence-electron chi connectivity index (χ0n) is 11.3. The van der Waals surface area contributed by atoms with Gasteiger partial charge in [0.2, 0.25) is 0 Å². The van der Waals surface area contributed by atoms with Gasteiger partial charge in [-0.15, -0.1) is 0 Å². The van der Waals surface area contributed by atoms with E-state index in [1.165, 1.54) is 41.7 Å². The molecule has 2 aromatic rings. The molecule has 1 heterocycles. The van der Waals surface area contributed by atoms with Gasteiger partial charge in [-0.25, -0.2) is 0 Å². The van der Waals surface area contributed by atoms with Crippen molar-refractivity contribution in [1.82, 2.24) is 9.78 Å². The molecule has 0 bridgehead atoms. The number of hydrogen-bond donors (Lipinski definition) is 0. The van der Waals surface area contributed by atoms with Crippen molar-refractivity contribution < 1.29 is 0 Å². The van der Waals surface area contributed by atoms with Gasteiger partial charge in [0.1, 0.15) is 0 Å². The summed E-state index contributed by atoms with van der Waals surface area (Å²) >= 11 is 7.43. The van der Waals surface area contributed by atoms with E-state index >= 15 is 0 Å². The minimum absolute atomic E-state index is 0.146. The molecule has 0 saturated carbocycles.